The second-order valence-corrected chi connectivity index (χ2v) is 6.50. The molecule has 24 heavy (non-hydrogen) atoms. The molecule has 1 saturated heterocycles. The zero-order valence-electron chi connectivity index (χ0n) is 14.4. The number of carbonyl (C=O) groups is 1. The highest BCUT2D eigenvalue weighted by molar-refractivity contribution is 5.78. The first-order valence-electron chi connectivity index (χ1n) is 8.60. The van der Waals surface area contributed by atoms with Crippen molar-refractivity contribution in [3.05, 3.63) is 53.2 Å². The van der Waals surface area contributed by atoms with E-state index in [9.17, 15) is 4.79 Å². The Kier molecular flexibility index (Phi) is 5.30. The van der Waals surface area contributed by atoms with E-state index in [2.05, 4.69) is 15.2 Å². The van der Waals surface area contributed by atoms with Gasteiger partial charge >= 0.3 is 0 Å². The molecule has 2 aromatic heterocycles. The molecule has 1 fully saturated rings. The number of furan rings is 1. The van der Waals surface area contributed by atoms with Crippen LogP contribution in [0.5, 0.6) is 0 Å². The summed E-state index contributed by atoms with van der Waals surface area (Å²) >= 11 is 0. The molecule has 0 aromatic carbocycles. The normalized spacial score (nSPS) is 16.2. The summed E-state index contributed by atoms with van der Waals surface area (Å²) in [5.41, 5.74) is 1.89. The summed E-state index contributed by atoms with van der Waals surface area (Å²) in [6, 6.07) is 8.00. The first-order valence-corrected chi connectivity index (χ1v) is 8.60. The van der Waals surface area contributed by atoms with E-state index in [0.29, 0.717) is 13.0 Å². The molecule has 3 heterocycles. The van der Waals surface area contributed by atoms with E-state index >= 15 is 0 Å². The van der Waals surface area contributed by atoms with Crippen molar-refractivity contribution in [2.75, 3.05) is 19.6 Å². The van der Waals surface area contributed by atoms with Crippen LogP contribution < -0.4 is 5.32 Å². The first-order chi connectivity index (χ1) is 11.6. The summed E-state index contributed by atoms with van der Waals surface area (Å²) in [7, 11) is 0. The fraction of sp³-hybridized carbons (Fsp3) is 0.474. The zero-order chi connectivity index (χ0) is 16.9. The lowest BCUT2D eigenvalue weighted by Gasteiger charge is -2.26. The quantitative estimate of drug-likeness (QED) is 0.886. The van der Waals surface area contributed by atoms with Gasteiger partial charge in [0, 0.05) is 18.4 Å². The van der Waals surface area contributed by atoms with Crippen molar-refractivity contribution in [2.45, 2.75) is 39.2 Å². The first kappa shape index (κ1) is 16.7. The highest BCUT2D eigenvalue weighted by Crippen LogP contribution is 2.26. The molecule has 0 saturated carbocycles. The fourth-order valence-corrected chi connectivity index (χ4v) is 3.16. The van der Waals surface area contributed by atoms with Gasteiger partial charge in [0.1, 0.15) is 11.5 Å². The lowest BCUT2D eigenvalue weighted by atomic mass is 10.1. The van der Waals surface area contributed by atoms with Gasteiger partial charge in [0.2, 0.25) is 5.91 Å². The van der Waals surface area contributed by atoms with Gasteiger partial charge in [0.15, 0.2) is 0 Å². The van der Waals surface area contributed by atoms with Crippen LogP contribution in [0.15, 0.2) is 34.9 Å². The predicted molar refractivity (Wildman–Crippen MR) is 92.7 cm³/mol. The number of amides is 1. The molecule has 0 bridgehead atoms. The van der Waals surface area contributed by atoms with Crippen molar-refractivity contribution >= 4 is 5.91 Å². The van der Waals surface area contributed by atoms with E-state index in [1.807, 2.05) is 38.1 Å². The predicted octanol–water partition coefficient (Wildman–Crippen LogP) is 2.79. The monoisotopic (exact) mass is 327 g/mol. The number of rotatable bonds is 6. The van der Waals surface area contributed by atoms with Crippen LogP contribution in [0, 0.1) is 13.8 Å². The minimum Gasteiger partial charge on any atom is -0.465 e. The molecule has 2 aromatic rings. The van der Waals surface area contributed by atoms with Crippen molar-refractivity contribution in [1.82, 2.24) is 15.2 Å². The Hall–Kier alpha value is -2.14. The Balaban J connectivity index is 1.60. The van der Waals surface area contributed by atoms with Crippen LogP contribution in [0.4, 0.5) is 0 Å². The Labute approximate surface area is 143 Å². The minimum absolute atomic E-state index is 0.0214. The van der Waals surface area contributed by atoms with Crippen LogP contribution in [0.25, 0.3) is 0 Å². The molecule has 0 spiro atoms. The molecule has 1 aliphatic rings. The minimum atomic E-state index is 0.0214. The summed E-state index contributed by atoms with van der Waals surface area (Å²) in [6.45, 7) is 6.58. The number of hydrogen-bond donors (Lipinski definition) is 1. The molecule has 0 radical (unpaired) electrons. The standard InChI is InChI=1S/C19H25N3O2/c1-14-5-7-16(12-20-14)11-19(23)21-13-17(22-9-3-4-10-22)18-8-6-15(2)24-18/h5-8,12,17H,3-4,9-11,13H2,1-2H3,(H,21,23)/t17-/m0/s1. The maximum atomic E-state index is 12.3. The molecule has 0 unspecified atom stereocenters. The molecular weight excluding hydrogens is 302 g/mol. The van der Waals surface area contributed by atoms with E-state index in [4.69, 9.17) is 4.42 Å². The number of likely N-dealkylation sites (tertiary alicyclic amines) is 1. The van der Waals surface area contributed by atoms with E-state index in [1.54, 1.807) is 6.20 Å². The van der Waals surface area contributed by atoms with E-state index in [0.717, 1.165) is 35.9 Å². The number of hydrogen-bond acceptors (Lipinski definition) is 4. The van der Waals surface area contributed by atoms with Gasteiger partial charge in [-0.3, -0.25) is 14.7 Å². The summed E-state index contributed by atoms with van der Waals surface area (Å²) in [6.07, 6.45) is 4.54. The van der Waals surface area contributed by atoms with Crippen molar-refractivity contribution in [3.63, 3.8) is 0 Å². The highest BCUT2D eigenvalue weighted by Gasteiger charge is 2.26. The molecule has 0 aliphatic carbocycles. The third-order valence-corrected chi connectivity index (χ3v) is 4.50. The van der Waals surface area contributed by atoms with E-state index < -0.39 is 0 Å². The lowest BCUT2D eigenvalue weighted by Crippen LogP contribution is -2.37. The summed E-state index contributed by atoms with van der Waals surface area (Å²) in [5, 5.41) is 3.06. The van der Waals surface area contributed by atoms with Gasteiger partial charge < -0.3 is 9.73 Å². The number of pyridine rings is 1. The molecule has 1 atom stereocenters. The third kappa shape index (κ3) is 4.23. The van der Waals surface area contributed by atoms with E-state index in [-0.39, 0.29) is 11.9 Å². The highest BCUT2D eigenvalue weighted by atomic mass is 16.3. The van der Waals surface area contributed by atoms with Crippen LogP contribution in [-0.4, -0.2) is 35.4 Å². The average molecular weight is 327 g/mol. The van der Waals surface area contributed by atoms with Crippen molar-refractivity contribution in [3.8, 4) is 0 Å². The maximum Gasteiger partial charge on any atom is 0.224 e. The Morgan fingerprint density at radius 3 is 2.67 bits per heavy atom. The zero-order valence-corrected chi connectivity index (χ0v) is 14.4. The van der Waals surface area contributed by atoms with Gasteiger partial charge in [-0.15, -0.1) is 0 Å². The average Bonchev–Trinajstić information content (AvgIpc) is 3.22. The van der Waals surface area contributed by atoms with Gasteiger partial charge in [-0.2, -0.15) is 0 Å². The second kappa shape index (κ2) is 7.62. The van der Waals surface area contributed by atoms with Crippen LogP contribution in [0.1, 0.15) is 41.7 Å². The molecule has 1 amide bonds. The topological polar surface area (TPSA) is 58.4 Å². The van der Waals surface area contributed by atoms with Gasteiger partial charge in [0.05, 0.1) is 12.5 Å². The molecular formula is C19H25N3O2. The number of nitrogens with zero attached hydrogens (tertiary/aromatic N) is 2. The number of carbonyl (C=O) groups excluding carboxylic acids is 1. The van der Waals surface area contributed by atoms with Crippen molar-refractivity contribution < 1.29 is 9.21 Å². The largest absolute Gasteiger partial charge is 0.465 e. The fourth-order valence-electron chi connectivity index (χ4n) is 3.16. The third-order valence-electron chi connectivity index (χ3n) is 4.50. The van der Waals surface area contributed by atoms with Crippen LogP contribution in [-0.2, 0) is 11.2 Å². The van der Waals surface area contributed by atoms with E-state index in [1.165, 1.54) is 12.8 Å². The van der Waals surface area contributed by atoms with Gasteiger partial charge in [-0.25, -0.2) is 0 Å². The summed E-state index contributed by atoms with van der Waals surface area (Å²) in [4.78, 5) is 18.9. The summed E-state index contributed by atoms with van der Waals surface area (Å²) < 4.78 is 5.82. The van der Waals surface area contributed by atoms with Crippen LogP contribution >= 0.6 is 0 Å². The molecule has 128 valence electrons. The second-order valence-electron chi connectivity index (χ2n) is 6.50. The van der Waals surface area contributed by atoms with Crippen LogP contribution in [0.3, 0.4) is 0 Å². The van der Waals surface area contributed by atoms with Crippen LogP contribution in [0.2, 0.25) is 0 Å². The Bertz CT molecular complexity index is 672. The number of aryl methyl sites for hydroxylation is 2. The molecule has 5 nitrogen and oxygen atoms in total. The Morgan fingerprint density at radius 1 is 1.25 bits per heavy atom. The molecule has 3 rings (SSSR count). The number of aromatic nitrogens is 1. The maximum absolute atomic E-state index is 12.3. The Morgan fingerprint density at radius 2 is 2.04 bits per heavy atom. The van der Waals surface area contributed by atoms with Gasteiger partial charge in [0.25, 0.3) is 0 Å². The lowest BCUT2D eigenvalue weighted by molar-refractivity contribution is -0.120. The number of nitrogens with one attached hydrogen (secondary N) is 1. The smallest absolute Gasteiger partial charge is 0.224 e. The SMILES string of the molecule is Cc1ccc(CC(=O)NC[C@@H](c2ccc(C)o2)N2CCCC2)cn1. The molecule has 1 aliphatic heterocycles. The molecule has 1 N–H and O–H groups in total. The molecule has 5 heteroatoms. The van der Waals surface area contributed by atoms with Gasteiger partial charge in [-0.05, 0) is 63.5 Å². The summed E-state index contributed by atoms with van der Waals surface area (Å²) in [5.74, 6) is 1.87. The van der Waals surface area contributed by atoms with Crippen molar-refractivity contribution in [2.24, 2.45) is 0 Å². The van der Waals surface area contributed by atoms with Gasteiger partial charge in [-0.1, -0.05) is 6.07 Å². The van der Waals surface area contributed by atoms with Crippen molar-refractivity contribution in [1.29, 1.82) is 0 Å².